The van der Waals surface area contributed by atoms with E-state index < -0.39 is 31.6 Å². The van der Waals surface area contributed by atoms with E-state index in [0.29, 0.717) is 11.3 Å². The molecule has 0 unspecified atom stereocenters. The second kappa shape index (κ2) is 8.14. The lowest BCUT2D eigenvalue weighted by Gasteiger charge is -2.28. The summed E-state index contributed by atoms with van der Waals surface area (Å²) in [7, 11) is -7.85. The lowest BCUT2D eigenvalue weighted by atomic mass is 9.96. The number of carbonyl (C=O) groups excluding carboxylic acids is 1. The fourth-order valence-electron chi connectivity index (χ4n) is 3.08. The minimum Gasteiger partial charge on any atom is -0.506 e. The van der Waals surface area contributed by atoms with E-state index in [4.69, 9.17) is 13.1 Å². The summed E-state index contributed by atoms with van der Waals surface area (Å²) in [4.78, 5) is 12.9. The largest absolute Gasteiger partial charge is 0.506 e. The molecule has 0 amide bonds. The van der Waals surface area contributed by atoms with E-state index in [1.165, 1.54) is 18.2 Å². The third kappa shape index (κ3) is 5.80. The van der Waals surface area contributed by atoms with Crippen molar-refractivity contribution >= 4 is 32.1 Å². The van der Waals surface area contributed by atoms with Gasteiger partial charge in [-0.05, 0) is 44.2 Å². The van der Waals surface area contributed by atoms with Crippen LogP contribution in [0, 0.1) is 0 Å². The standard InChI is InChI=1S/C21H22O9S2/c1-21(2)10-9-16-18(28-21)8-7-15(20(16)23)17(22)11-13-5-6-14(29-31(3,24)25)12-19(13)30-32(4,26)27/h5-10,12,23H,11H2,1-4H3. The second-order valence-electron chi connectivity index (χ2n) is 7.86. The van der Waals surface area contributed by atoms with Crippen LogP contribution in [0.5, 0.6) is 23.0 Å². The number of carbonyl (C=O) groups is 1. The molecule has 1 N–H and O–H groups in total. The van der Waals surface area contributed by atoms with Gasteiger partial charge in [-0.1, -0.05) is 6.07 Å². The van der Waals surface area contributed by atoms with Crippen LogP contribution in [-0.4, -0.2) is 45.8 Å². The Morgan fingerprint density at radius 1 is 1.03 bits per heavy atom. The smallest absolute Gasteiger partial charge is 0.306 e. The predicted octanol–water partition coefficient (Wildman–Crippen LogP) is 2.68. The van der Waals surface area contributed by atoms with Gasteiger partial charge in [0.05, 0.1) is 23.6 Å². The van der Waals surface area contributed by atoms with Crippen molar-refractivity contribution in [2.45, 2.75) is 25.9 Å². The monoisotopic (exact) mass is 482 g/mol. The number of hydrogen-bond acceptors (Lipinski definition) is 9. The summed E-state index contributed by atoms with van der Waals surface area (Å²) >= 11 is 0. The number of phenolic OH excluding ortho intramolecular Hbond substituents is 1. The summed E-state index contributed by atoms with van der Waals surface area (Å²) in [5.74, 6) is -0.788. The maximum absolute atomic E-state index is 12.9. The van der Waals surface area contributed by atoms with E-state index in [1.54, 1.807) is 18.2 Å². The van der Waals surface area contributed by atoms with Crippen molar-refractivity contribution in [1.29, 1.82) is 0 Å². The van der Waals surface area contributed by atoms with Crippen LogP contribution >= 0.6 is 0 Å². The van der Waals surface area contributed by atoms with Gasteiger partial charge in [0.2, 0.25) is 0 Å². The summed E-state index contributed by atoms with van der Waals surface area (Å²) < 4.78 is 61.5. The molecular weight excluding hydrogens is 460 g/mol. The topological polar surface area (TPSA) is 133 Å². The molecule has 0 saturated heterocycles. The minimum atomic E-state index is -3.98. The Hall–Kier alpha value is -3.05. The molecule has 172 valence electrons. The number of Topliss-reactive ketones (excluding diaryl/α,β-unsaturated/α-hetero) is 1. The van der Waals surface area contributed by atoms with E-state index in [-0.39, 0.29) is 34.8 Å². The number of rotatable bonds is 7. The van der Waals surface area contributed by atoms with E-state index in [2.05, 4.69) is 0 Å². The Bertz CT molecular complexity index is 1320. The van der Waals surface area contributed by atoms with Gasteiger partial charge in [-0.25, -0.2) is 0 Å². The molecular formula is C21H22O9S2. The van der Waals surface area contributed by atoms with Crippen LogP contribution in [0.4, 0.5) is 0 Å². The molecule has 2 aromatic carbocycles. The van der Waals surface area contributed by atoms with Crippen molar-refractivity contribution in [3.8, 4) is 23.0 Å². The SMILES string of the molecule is CC1(C)C=Cc2c(ccc(C(=O)Cc3ccc(OS(C)(=O)=O)cc3OS(C)(=O)=O)c2O)O1. The molecule has 0 radical (unpaired) electrons. The molecule has 11 heteroatoms. The summed E-state index contributed by atoms with van der Waals surface area (Å²) in [6.07, 6.45) is 4.74. The normalized spacial score (nSPS) is 14.9. The van der Waals surface area contributed by atoms with Gasteiger partial charge in [0.1, 0.15) is 28.6 Å². The minimum absolute atomic E-state index is 0.0125. The quantitative estimate of drug-likeness (QED) is 0.467. The first kappa shape index (κ1) is 23.6. The van der Waals surface area contributed by atoms with Crippen LogP contribution < -0.4 is 13.1 Å². The average Bonchev–Trinajstić information content (AvgIpc) is 2.60. The Morgan fingerprint density at radius 3 is 2.31 bits per heavy atom. The van der Waals surface area contributed by atoms with Crippen molar-refractivity contribution in [1.82, 2.24) is 0 Å². The zero-order valence-corrected chi connectivity index (χ0v) is 19.4. The maximum atomic E-state index is 12.9. The van der Waals surface area contributed by atoms with Crippen LogP contribution in [-0.2, 0) is 26.7 Å². The number of ether oxygens (including phenoxy) is 1. The molecule has 32 heavy (non-hydrogen) atoms. The van der Waals surface area contributed by atoms with Gasteiger partial charge >= 0.3 is 20.2 Å². The van der Waals surface area contributed by atoms with Gasteiger partial charge < -0.3 is 18.2 Å². The molecule has 1 aliphatic rings. The number of ketones is 1. The zero-order valence-electron chi connectivity index (χ0n) is 17.8. The Morgan fingerprint density at radius 2 is 1.69 bits per heavy atom. The lowest BCUT2D eigenvalue weighted by molar-refractivity contribution is 0.0989. The summed E-state index contributed by atoms with van der Waals surface area (Å²) in [5, 5.41) is 10.6. The molecule has 9 nitrogen and oxygen atoms in total. The molecule has 1 aliphatic heterocycles. The highest BCUT2D eigenvalue weighted by molar-refractivity contribution is 7.86. The van der Waals surface area contributed by atoms with Crippen LogP contribution in [0.15, 0.2) is 36.4 Å². The summed E-state index contributed by atoms with van der Waals surface area (Å²) in [6, 6.07) is 6.65. The molecule has 0 saturated carbocycles. The number of benzene rings is 2. The molecule has 0 aliphatic carbocycles. The highest BCUT2D eigenvalue weighted by Gasteiger charge is 2.26. The van der Waals surface area contributed by atoms with Crippen molar-refractivity contribution in [3.05, 3.63) is 53.1 Å². The van der Waals surface area contributed by atoms with E-state index in [0.717, 1.165) is 18.6 Å². The highest BCUT2D eigenvalue weighted by atomic mass is 32.2. The Labute approximate surface area is 186 Å². The first-order valence-electron chi connectivity index (χ1n) is 9.33. The van der Waals surface area contributed by atoms with Crippen molar-refractivity contribution in [2.75, 3.05) is 12.5 Å². The number of phenols is 1. The predicted molar refractivity (Wildman–Crippen MR) is 117 cm³/mol. The number of hydrogen-bond donors (Lipinski definition) is 1. The van der Waals surface area contributed by atoms with Gasteiger partial charge in [-0.2, -0.15) is 16.8 Å². The third-order valence-electron chi connectivity index (χ3n) is 4.38. The molecule has 3 rings (SSSR count). The molecule has 0 spiro atoms. The molecule has 1 heterocycles. The number of fused-ring (bicyclic) bond motifs is 1. The first-order valence-corrected chi connectivity index (χ1v) is 13.0. The van der Waals surface area contributed by atoms with Crippen molar-refractivity contribution in [2.24, 2.45) is 0 Å². The molecule has 0 aromatic heterocycles. The van der Waals surface area contributed by atoms with Gasteiger partial charge in [0.15, 0.2) is 5.78 Å². The number of aromatic hydroxyl groups is 1. The van der Waals surface area contributed by atoms with E-state index in [9.17, 15) is 26.7 Å². The Balaban J connectivity index is 1.95. The zero-order chi connectivity index (χ0) is 23.9. The van der Waals surface area contributed by atoms with Crippen molar-refractivity contribution < 1.29 is 39.8 Å². The average molecular weight is 483 g/mol. The molecule has 2 aromatic rings. The molecule has 0 atom stereocenters. The van der Waals surface area contributed by atoms with Gasteiger partial charge in [-0.3, -0.25) is 4.79 Å². The van der Waals surface area contributed by atoms with Crippen LogP contribution in [0.1, 0.15) is 35.3 Å². The molecule has 0 fully saturated rings. The Kier molecular flexibility index (Phi) is 6.00. The summed E-state index contributed by atoms with van der Waals surface area (Å²) in [6.45, 7) is 3.70. The fraction of sp³-hybridized carbons (Fsp3) is 0.286. The maximum Gasteiger partial charge on any atom is 0.306 e. The van der Waals surface area contributed by atoms with Crippen LogP contribution in [0.25, 0.3) is 6.08 Å². The van der Waals surface area contributed by atoms with Crippen LogP contribution in [0.3, 0.4) is 0 Å². The molecule has 0 bridgehead atoms. The third-order valence-corrected chi connectivity index (χ3v) is 5.36. The van der Waals surface area contributed by atoms with Gasteiger partial charge in [-0.15, -0.1) is 0 Å². The van der Waals surface area contributed by atoms with E-state index in [1.807, 2.05) is 13.8 Å². The van der Waals surface area contributed by atoms with Crippen molar-refractivity contribution in [3.63, 3.8) is 0 Å². The highest BCUT2D eigenvalue weighted by Crippen LogP contribution is 2.39. The van der Waals surface area contributed by atoms with Gasteiger partial charge in [0, 0.05) is 18.1 Å². The van der Waals surface area contributed by atoms with Gasteiger partial charge in [0.25, 0.3) is 0 Å². The second-order valence-corrected chi connectivity index (χ2v) is 11.0. The van der Waals surface area contributed by atoms with Crippen LogP contribution in [0.2, 0.25) is 0 Å². The summed E-state index contributed by atoms with van der Waals surface area (Å²) in [5.41, 5.74) is -0.0250. The first-order chi connectivity index (χ1) is 14.6. The van der Waals surface area contributed by atoms with E-state index >= 15 is 0 Å². The fourth-order valence-corrected chi connectivity index (χ4v) is 4.02. The lowest BCUT2D eigenvalue weighted by Crippen LogP contribution is -2.27.